The molecule has 0 aliphatic heterocycles. The van der Waals surface area contributed by atoms with Crippen LogP contribution < -0.4 is 5.73 Å². The number of fused-ring (bicyclic) bond motifs is 3. The Morgan fingerprint density at radius 2 is 1.73 bits per heavy atom. The molecule has 0 aliphatic carbocycles. The van der Waals surface area contributed by atoms with Gasteiger partial charge in [-0.2, -0.15) is 5.26 Å². The number of aromatic nitrogens is 1. The molecule has 0 spiro atoms. The van der Waals surface area contributed by atoms with Gasteiger partial charge in [-0.25, -0.2) is 4.98 Å². The van der Waals surface area contributed by atoms with Gasteiger partial charge in [-0.1, -0.05) is 36.4 Å². The fraction of sp³-hybridized carbons (Fsp3) is 0. The normalized spacial score (nSPS) is 10.7. The van der Waals surface area contributed by atoms with E-state index in [1.807, 2.05) is 36.4 Å². The third-order valence-electron chi connectivity index (χ3n) is 4.39. The van der Waals surface area contributed by atoms with Crippen molar-refractivity contribution in [2.45, 2.75) is 0 Å². The van der Waals surface area contributed by atoms with Crippen LogP contribution in [0.15, 0.2) is 60.7 Å². The van der Waals surface area contributed by atoms with Crippen LogP contribution in [0.3, 0.4) is 0 Å². The molecule has 0 saturated heterocycles. The molecule has 26 heavy (non-hydrogen) atoms. The van der Waals surface area contributed by atoms with Gasteiger partial charge in [-0.3, -0.25) is 10.1 Å². The monoisotopic (exact) mass is 340 g/mol. The summed E-state index contributed by atoms with van der Waals surface area (Å²) in [5.41, 5.74) is 8.34. The number of anilines is 1. The summed E-state index contributed by atoms with van der Waals surface area (Å²) in [5.74, 6) is 0.143. The summed E-state index contributed by atoms with van der Waals surface area (Å²) in [6.07, 6.45) is 0. The van der Waals surface area contributed by atoms with Crippen LogP contribution >= 0.6 is 0 Å². The lowest BCUT2D eigenvalue weighted by molar-refractivity contribution is -0.384. The lowest BCUT2D eigenvalue weighted by Crippen LogP contribution is -2.00. The number of nitro benzene ring substituents is 1. The number of nitrogen functional groups attached to an aromatic ring is 1. The maximum Gasteiger partial charge on any atom is 0.269 e. The Balaban J connectivity index is 2.11. The summed E-state index contributed by atoms with van der Waals surface area (Å²) >= 11 is 0. The first-order valence-electron chi connectivity index (χ1n) is 7.86. The molecule has 0 unspecified atom stereocenters. The van der Waals surface area contributed by atoms with Crippen molar-refractivity contribution >= 4 is 33.2 Å². The standard InChI is InChI=1S/C20H12N4O2/c21-11-17-18(13-5-8-14(9-6-13)24(25)26)16-10-7-12-3-1-2-4-15(12)19(16)23-20(17)22/h1-10H,(H2,22,23). The highest BCUT2D eigenvalue weighted by atomic mass is 16.6. The summed E-state index contributed by atoms with van der Waals surface area (Å²) < 4.78 is 0. The third kappa shape index (κ3) is 2.31. The maximum absolute atomic E-state index is 10.9. The molecule has 1 heterocycles. The van der Waals surface area contributed by atoms with Gasteiger partial charge in [0, 0.05) is 28.5 Å². The summed E-state index contributed by atoms with van der Waals surface area (Å²) in [6.45, 7) is 0. The van der Waals surface area contributed by atoms with Crippen LogP contribution in [0, 0.1) is 21.4 Å². The average molecular weight is 340 g/mol. The van der Waals surface area contributed by atoms with E-state index < -0.39 is 4.92 Å². The van der Waals surface area contributed by atoms with E-state index in [9.17, 15) is 15.4 Å². The molecule has 0 fully saturated rings. The Bertz CT molecular complexity index is 1220. The number of nitrogens with zero attached hydrogens (tertiary/aromatic N) is 3. The number of nitro groups is 1. The zero-order valence-electron chi connectivity index (χ0n) is 13.5. The Morgan fingerprint density at radius 1 is 1.00 bits per heavy atom. The predicted octanol–water partition coefficient (Wildman–Crippen LogP) is 4.42. The van der Waals surface area contributed by atoms with Crippen molar-refractivity contribution in [2.24, 2.45) is 0 Å². The minimum absolute atomic E-state index is 0.0101. The molecular formula is C20H12N4O2. The van der Waals surface area contributed by atoms with E-state index in [1.165, 1.54) is 12.1 Å². The molecular weight excluding hydrogens is 328 g/mol. The molecule has 4 aromatic rings. The molecule has 0 aliphatic rings. The largest absolute Gasteiger partial charge is 0.383 e. The van der Waals surface area contributed by atoms with Gasteiger partial charge in [0.2, 0.25) is 0 Å². The van der Waals surface area contributed by atoms with Gasteiger partial charge >= 0.3 is 0 Å². The molecule has 6 heteroatoms. The van der Waals surface area contributed by atoms with Crippen molar-refractivity contribution in [3.63, 3.8) is 0 Å². The summed E-state index contributed by atoms with van der Waals surface area (Å²) in [4.78, 5) is 14.9. The highest BCUT2D eigenvalue weighted by Crippen LogP contribution is 2.37. The molecule has 4 rings (SSSR count). The number of nitriles is 1. The Hall–Kier alpha value is -3.98. The highest BCUT2D eigenvalue weighted by molar-refractivity contribution is 6.12. The highest BCUT2D eigenvalue weighted by Gasteiger charge is 2.17. The summed E-state index contributed by atoms with van der Waals surface area (Å²) in [6, 6.07) is 19.9. The Labute approximate surface area is 148 Å². The zero-order valence-corrected chi connectivity index (χ0v) is 13.5. The molecule has 1 aromatic heterocycles. The number of hydrogen-bond donors (Lipinski definition) is 1. The molecule has 0 atom stereocenters. The van der Waals surface area contributed by atoms with Crippen molar-refractivity contribution in [1.29, 1.82) is 5.26 Å². The van der Waals surface area contributed by atoms with Gasteiger partial charge in [0.1, 0.15) is 17.5 Å². The SMILES string of the molecule is N#Cc1c(N)nc2c(ccc3ccccc32)c1-c1ccc([N+](=O)[O-])cc1. The number of hydrogen-bond acceptors (Lipinski definition) is 5. The maximum atomic E-state index is 10.9. The third-order valence-corrected chi connectivity index (χ3v) is 4.39. The van der Waals surface area contributed by atoms with Gasteiger partial charge in [0.15, 0.2) is 0 Å². The van der Waals surface area contributed by atoms with Gasteiger partial charge in [-0.15, -0.1) is 0 Å². The summed E-state index contributed by atoms with van der Waals surface area (Å²) in [7, 11) is 0. The molecule has 0 saturated carbocycles. The minimum Gasteiger partial charge on any atom is -0.383 e. The van der Waals surface area contributed by atoms with Crippen LogP contribution in [-0.2, 0) is 0 Å². The number of rotatable bonds is 2. The fourth-order valence-electron chi connectivity index (χ4n) is 3.18. The molecule has 2 N–H and O–H groups in total. The second-order valence-electron chi connectivity index (χ2n) is 5.85. The second kappa shape index (κ2) is 5.83. The van der Waals surface area contributed by atoms with E-state index in [-0.39, 0.29) is 17.1 Å². The minimum atomic E-state index is -0.457. The molecule has 3 aromatic carbocycles. The van der Waals surface area contributed by atoms with E-state index in [1.54, 1.807) is 12.1 Å². The Morgan fingerprint density at radius 3 is 2.42 bits per heavy atom. The molecule has 0 bridgehead atoms. The van der Waals surface area contributed by atoms with Crippen LogP contribution in [0.4, 0.5) is 11.5 Å². The molecule has 124 valence electrons. The molecule has 6 nitrogen and oxygen atoms in total. The van der Waals surface area contributed by atoms with Gasteiger partial charge in [0.25, 0.3) is 5.69 Å². The van der Waals surface area contributed by atoms with Gasteiger partial charge < -0.3 is 5.73 Å². The van der Waals surface area contributed by atoms with E-state index in [2.05, 4.69) is 11.1 Å². The van der Waals surface area contributed by atoms with Crippen LogP contribution in [0.1, 0.15) is 5.56 Å². The van der Waals surface area contributed by atoms with Crippen LogP contribution in [0.5, 0.6) is 0 Å². The van der Waals surface area contributed by atoms with Crippen molar-refractivity contribution in [1.82, 2.24) is 4.98 Å². The van der Waals surface area contributed by atoms with Crippen molar-refractivity contribution < 1.29 is 4.92 Å². The number of benzene rings is 3. The van der Waals surface area contributed by atoms with Crippen molar-refractivity contribution in [2.75, 3.05) is 5.73 Å². The van der Waals surface area contributed by atoms with E-state index in [0.29, 0.717) is 16.6 Å². The number of nitrogens with two attached hydrogens (primary N) is 1. The molecule has 0 amide bonds. The first-order chi connectivity index (χ1) is 12.6. The van der Waals surface area contributed by atoms with Gasteiger partial charge in [-0.05, 0) is 23.1 Å². The predicted molar refractivity (Wildman–Crippen MR) is 100 cm³/mol. The smallest absolute Gasteiger partial charge is 0.269 e. The van der Waals surface area contributed by atoms with E-state index in [0.717, 1.165) is 16.2 Å². The van der Waals surface area contributed by atoms with Crippen LogP contribution in [-0.4, -0.2) is 9.91 Å². The quantitative estimate of drug-likeness (QED) is 0.330. The first-order valence-corrected chi connectivity index (χ1v) is 7.86. The van der Waals surface area contributed by atoms with E-state index in [4.69, 9.17) is 5.73 Å². The van der Waals surface area contributed by atoms with Crippen molar-refractivity contribution in [3.05, 3.63) is 76.3 Å². The number of non-ortho nitro benzene ring substituents is 1. The lowest BCUT2D eigenvalue weighted by atomic mass is 9.94. The zero-order chi connectivity index (χ0) is 18.3. The summed E-state index contributed by atoms with van der Waals surface area (Å²) in [5, 5.41) is 23.2. The fourth-order valence-corrected chi connectivity index (χ4v) is 3.18. The number of pyridine rings is 1. The molecule has 0 radical (unpaired) electrons. The van der Waals surface area contributed by atoms with Gasteiger partial charge in [0.05, 0.1) is 10.4 Å². The average Bonchev–Trinajstić information content (AvgIpc) is 2.67. The second-order valence-corrected chi connectivity index (χ2v) is 5.85. The van der Waals surface area contributed by atoms with Crippen LogP contribution in [0.25, 0.3) is 32.8 Å². The van der Waals surface area contributed by atoms with Crippen molar-refractivity contribution in [3.8, 4) is 17.2 Å². The Kier molecular flexibility index (Phi) is 3.48. The topological polar surface area (TPSA) is 106 Å². The van der Waals surface area contributed by atoms with Crippen LogP contribution in [0.2, 0.25) is 0 Å². The lowest BCUT2D eigenvalue weighted by Gasteiger charge is -2.12. The van der Waals surface area contributed by atoms with E-state index >= 15 is 0 Å². The first kappa shape index (κ1) is 15.5.